The van der Waals surface area contributed by atoms with E-state index in [9.17, 15) is 8.42 Å². The molecule has 1 heterocycles. The van der Waals surface area contributed by atoms with Crippen LogP contribution in [0.15, 0.2) is 96.2 Å². The summed E-state index contributed by atoms with van der Waals surface area (Å²) in [7, 11) is -3.96. The third-order valence-corrected chi connectivity index (χ3v) is 7.67. The number of nitrogens with zero attached hydrogens (tertiary/aromatic N) is 2. The molecule has 0 radical (unpaired) electrons. The number of aryl methyl sites for hydroxylation is 1. The predicted molar refractivity (Wildman–Crippen MR) is 169 cm³/mol. The Morgan fingerprint density at radius 2 is 1.52 bits per heavy atom. The first kappa shape index (κ1) is 29.2. The van der Waals surface area contributed by atoms with E-state index in [0.717, 1.165) is 35.1 Å². The Bertz CT molecular complexity index is 1670. The van der Waals surface area contributed by atoms with Crippen molar-refractivity contribution in [3.05, 3.63) is 107 Å². The van der Waals surface area contributed by atoms with Crippen molar-refractivity contribution in [2.45, 2.75) is 40.7 Å². The SMILES string of the molecule is CC(C)=CCN(CC=C(C)C)c1ccc2cc(/C=C/c3cc[n+](CCCS(=O)(=O)O)c4ccccc34)ccc2c1. The van der Waals surface area contributed by atoms with Gasteiger partial charge in [-0.25, -0.2) is 0 Å². The molecule has 208 valence electrons. The minimum atomic E-state index is -3.96. The van der Waals surface area contributed by atoms with Crippen LogP contribution in [0.2, 0.25) is 0 Å². The monoisotopic (exact) mass is 555 g/mol. The molecule has 0 saturated carbocycles. The Hall–Kier alpha value is -3.74. The number of para-hydroxylation sites is 1. The van der Waals surface area contributed by atoms with E-state index in [1.54, 1.807) is 0 Å². The Labute approximate surface area is 238 Å². The molecule has 4 aromatic rings. The highest BCUT2D eigenvalue weighted by molar-refractivity contribution is 7.85. The van der Waals surface area contributed by atoms with Crippen LogP contribution < -0.4 is 9.47 Å². The zero-order valence-electron chi connectivity index (χ0n) is 23.8. The summed E-state index contributed by atoms with van der Waals surface area (Å²) in [4.78, 5) is 2.39. The second-order valence-electron chi connectivity index (χ2n) is 10.7. The molecule has 4 rings (SSSR count). The summed E-state index contributed by atoms with van der Waals surface area (Å²) < 4.78 is 33.3. The highest BCUT2D eigenvalue weighted by atomic mass is 32.2. The zero-order chi connectivity index (χ0) is 28.7. The first-order chi connectivity index (χ1) is 19.1. The number of hydrogen-bond acceptors (Lipinski definition) is 3. The lowest BCUT2D eigenvalue weighted by Gasteiger charge is -2.23. The summed E-state index contributed by atoms with van der Waals surface area (Å²) in [5.74, 6) is -0.248. The van der Waals surface area contributed by atoms with E-state index in [4.69, 9.17) is 4.55 Å². The van der Waals surface area contributed by atoms with E-state index in [1.165, 1.54) is 27.6 Å². The summed E-state index contributed by atoms with van der Waals surface area (Å²) in [6.07, 6.45) is 11.1. The van der Waals surface area contributed by atoms with Crippen LogP contribution in [0.25, 0.3) is 33.8 Å². The van der Waals surface area contributed by atoms with Crippen LogP contribution in [0, 0.1) is 0 Å². The van der Waals surface area contributed by atoms with Crippen molar-refractivity contribution in [3.8, 4) is 0 Å². The molecule has 3 aromatic carbocycles. The third-order valence-electron chi connectivity index (χ3n) is 6.87. The van der Waals surface area contributed by atoms with Crippen molar-refractivity contribution in [1.82, 2.24) is 0 Å². The first-order valence-electron chi connectivity index (χ1n) is 13.7. The smallest absolute Gasteiger partial charge is 0.265 e. The van der Waals surface area contributed by atoms with Gasteiger partial charge in [0.2, 0.25) is 5.52 Å². The van der Waals surface area contributed by atoms with Crippen LogP contribution in [-0.2, 0) is 16.7 Å². The fourth-order valence-corrected chi connectivity index (χ4v) is 5.17. The molecule has 5 nitrogen and oxygen atoms in total. The van der Waals surface area contributed by atoms with Crippen LogP contribution in [0.5, 0.6) is 0 Å². The van der Waals surface area contributed by atoms with Gasteiger partial charge in [-0.1, -0.05) is 65.8 Å². The van der Waals surface area contributed by atoms with E-state index in [-0.39, 0.29) is 5.75 Å². The molecule has 0 aliphatic rings. The highest BCUT2D eigenvalue weighted by Crippen LogP contribution is 2.25. The van der Waals surface area contributed by atoms with Gasteiger partial charge in [0.15, 0.2) is 6.20 Å². The van der Waals surface area contributed by atoms with Gasteiger partial charge in [0.05, 0.1) is 11.1 Å². The largest absolute Gasteiger partial charge is 0.364 e. The zero-order valence-corrected chi connectivity index (χ0v) is 24.7. The van der Waals surface area contributed by atoms with Gasteiger partial charge in [0.25, 0.3) is 10.1 Å². The Kier molecular flexibility index (Phi) is 9.56. The average molecular weight is 556 g/mol. The van der Waals surface area contributed by atoms with Crippen LogP contribution >= 0.6 is 0 Å². The van der Waals surface area contributed by atoms with Gasteiger partial charge in [-0.05, 0) is 73.9 Å². The molecule has 1 N–H and O–H groups in total. The minimum absolute atomic E-state index is 0.248. The molecule has 0 atom stereocenters. The number of pyridine rings is 1. The van der Waals surface area contributed by atoms with E-state index in [0.29, 0.717) is 13.0 Å². The molecule has 0 bridgehead atoms. The fourth-order valence-electron chi connectivity index (χ4n) is 4.68. The lowest BCUT2D eigenvalue weighted by molar-refractivity contribution is -0.671. The van der Waals surface area contributed by atoms with Crippen LogP contribution in [-0.4, -0.2) is 31.8 Å². The van der Waals surface area contributed by atoms with Gasteiger partial charge in [-0.3, -0.25) is 4.55 Å². The number of benzene rings is 3. The average Bonchev–Trinajstić information content (AvgIpc) is 2.91. The van der Waals surface area contributed by atoms with Crippen molar-refractivity contribution < 1.29 is 17.5 Å². The van der Waals surface area contributed by atoms with E-state index in [1.807, 2.05) is 35.0 Å². The maximum absolute atomic E-state index is 11.1. The quantitative estimate of drug-likeness (QED) is 0.118. The van der Waals surface area contributed by atoms with Crippen molar-refractivity contribution in [2.24, 2.45) is 0 Å². The number of allylic oxidation sites excluding steroid dienone is 2. The maximum atomic E-state index is 11.1. The van der Waals surface area contributed by atoms with Crippen molar-refractivity contribution in [2.75, 3.05) is 23.7 Å². The molecule has 0 spiro atoms. The van der Waals surface area contributed by atoms with E-state index in [2.05, 4.69) is 99.4 Å². The molecule has 1 aromatic heterocycles. The van der Waals surface area contributed by atoms with Gasteiger partial charge in [0.1, 0.15) is 6.54 Å². The molecule has 0 amide bonds. The number of aromatic nitrogens is 1. The molecular formula is C34H39N2O3S+. The standard InChI is InChI=1S/C34H38N2O3S/c1-26(2)16-20-35(21-17-27(3)4)32-15-14-30-24-28(11-13-31(30)25-32)10-12-29-18-22-36(19-7-23-40(37,38)39)34-9-6-5-8-33(29)34/h5-6,8-18,22,24-25H,7,19-21,23H2,1-4H3/p+1. The van der Waals surface area contributed by atoms with Crippen molar-refractivity contribution >= 4 is 49.6 Å². The van der Waals surface area contributed by atoms with Crippen LogP contribution in [0.3, 0.4) is 0 Å². The third kappa shape index (κ3) is 8.13. The van der Waals surface area contributed by atoms with Crippen molar-refractivity contribution in [1.29, 1.82) is 0 Å². The number of rotatable bonds is 11. The van der Waals surface area contributed by atoms with Gasteiger partial charge >= 0.3 is 0 Å². The Morgan fingerprint density at radius 1 is 0.850 bits per heavy atom. The number of hydrogen-bond donors (Lipinski definition) is 1. The predicted octanol–water partition coefficient (Wildman–Crippen LogP) is 7.47. The second-order valence-corrected chi connectivity index (χ2v) is 12.3. The van der Waals surface area contributed by atoms with Gasteiger partial charge < -0.3 is 4.90 Å². The lowest BCUT2D eigenvalue weighted by Crippen LogP contribution is -2.35. The topological polar surface area (TPSA) is 61.5 Å². The minimum Gasteiger partial charge on any atom is -0.364 e. The van der Waals surface area contributed by atoms with Gasteiger partial charge in [-0.2, -0.15) is 13.0 Å². The number of fused-ring (bicyclic) bond motifs is 2. The molecule has 0 fully saturated rings. The van der Waals surface area contributed by atoms with Crippen LogP contribution in [0.4, 0.5) is 5.69 Å². The molecule has 6 heteroatoms. The second kappa shape index (κ2) is 13.1. The summed E-state index contributed by atoms with van der Waals surface area (Å²) in [5.41, 5.74) is 7.09. The normalized spacial score (nSPS) is 11.7. The Morgan fingerprint density at radius 3 is 2.23 bits per heavy atom. The number of anilines is 1. The molecule has 0 saturated heterocycles. The van der Waals surface area contributed by atoms with Crippen LogP contribution in [0.1, 0.15) is 45.2 Å². The Balaban J connectivity index is 1.57. The van der Waals surface area contributed by atoms with Gasteiger partial charge in [-0.15, -0.1) is 0 Å². The van der Waals surface area contributed by atoms with E-state index >= 15 is 0 Å². The highest BCUT2D eigenvalue weighted by Gasteiger charge is 2.13. The summed E-state index contributed by atoms with van der Waals surface area (Å²) in [6, 6.07) is 23.4. The summed E-state index contributed by atoms with van der Waals surface area (Å²) in [5, 5.41) is 3.50. The lowest BCUT2D eigenvalue weighted by atomic mass is 10.0. The molecule has 40 heavy (non-hydrogen) atoms. The molecular weight excluding hydrogens is 516 g/mol. The van der Waals surface area contributed by atoms with E-state index < -0.39 is 10.1 Å². The van der Waals surface area contributed by atoms with Crippen molar-refractivity contribution in [3.63, 3.8) is 0 Å². The molecule has 0 aliphatic heterocycles. The van der Waals surface area contributed by atoms with Gasteiger partial charge in [0, 0.05) is 37.3 Å². The molecule has 0 unspecified atom stereocenters. The summed E-state index contributed by atoms with van der Waals surface area (Å²) in [6.45, 7) is 10.8. The summed E-state index contributed by atoms with van der Waals surface area (Å²) >= 11 is 0. The first-order valence-corrected chi connectivity index (χ1v) is 15.3. The molecule has 0 aliphatic carbocycles. The maximum Gasteiger partial charge on any atom is 0.265 e. The fraction of sp³-hybridized carbons (Fsp3) is 0.265.